The normalized spacial score (nSPS) is 13.0. The molecule has 0 aliphatic heterocycles. The fourth-order valence-electron chi connectivity index (χ4n) is 0.653. The number of carbonyl (C=O) groups is 1. The van der Waals surface area contributed by atoms with Gasteiger partial charge in [0.25, 0.3) is 0 Å². The van der Waals surface area contributed by atoms with Crippen molar-refractivity contribution in [3.63, 3.8) is 0 Å². The number of allylic oxidation sites excluding steroid dienone is 3. The monoisotopic (exact) mass is 187 g/mol. The Labute approximate surface area is 78.3 Å². The van der Waals surface area contributed by atoms with Gasteiger partial charge in [-0.3, -0.25) is 4.79 Å². The Kier molecular flexibility index (Phi) is 5.47. The van der Waals surface area contributed by atoms with E-state index in [4.69, 9.17) is 11.6 Å². The first kappa shape index (κ1) is 11.2. The van der Waals surface area contributed by atoms with Crippen LogP contribution in [0.2, 0.25) is 0 Å². The van der Waals surface area contributed by atoms with Gasteiger partial charge in [0, 0.05) is 7.05 Å². The molecule has 0 spiro atoms. The molecule has 0 aliphatic carbocycles. The van der Waals surface area contributed by atoms with Crippen LogP contribution in [0.15, 0.2) is 23.4 Å². The largest absolute Gasteiger partial charge is 0.394 e. The molecule has 0 atom stereocenters. The van der Waals surface area contributed by atoms with Crippen molar-refractivity contribution in [2.24, 2.45) is 0 Å². The molecule has 0 unspecified atom stereocenters. The molecule has 0 rings (SSSR count). The Morgan fingerprint density at radius 3 is 2.50 bits per heavy atom. The van der Waals surface area contributed by atoms with E-state index in [0.717, 1.165) is 11.1 Å². The number of hydrogen-bond donors (Lipinski definition) is 1. The third-order valence-electron chi connectivity index (χ3n) is 1.63. The molecule has 0 fully saturated rings. The van der Waals surface area contributed by atoms with E-state index in [1.807, 2.05) is 20.0 Å². The van der Waals surface area contributed by atoms with Crippen molar-refractivity contribution >= 4 is 17.4 Å². The van der Waals surface area contributed by atoms with Crippen LogP contribution in [0.3, 0.4) is 0 Å². The van der Waals surface area contributed by atoms with E-state index in [1.54, 1.807) is 13.1 Å². The van der Waals surface area contributed by atoms with Crippen LogP contribution in [0, 0.1) is 0 Å². The molecule has 3 heteroatoms. The van der Waals surface area contributed by atoms with Crippen LogP contribution < -0.4 is 5.32 Å². The minimum Gasteiger partial charge on any atom is -0.394 e. The van der Waals surface area contributed by atoms with Crippen LogP contribution in [0.4, 0.5) is 0 Å². The lowest BCUT2D eigenvalue weighted by atomic mass is 10.1. The van der Waals surface area contributed by atoms with Gasteiger partial charge in [-0.05, 0) is 37.3 Å². The molecule has 68 valence electrons. The van der Waals surface area contributed by atoms with Crippen LogP contribution in [-0.2, 0) is 4.79 Å². The second-order valence-corrected chi connectivity index (χ2v) is 2.75. The van der Waals surface area contributed by atoms with Crippen LogP contribution in [-0.4, -0.2) is 18.7 Å². The van der Waals surface area contributed by atoms with E-state index < -0.39 is 0 Å². The van der Waals surface area contributed by atoms with Gasteiger partial charge in [-0.15, -0.1) is 11.6 Å². The van der Waals surface area contributed by atoms with E-state index in [0.29, 0.717) is 0 Å². The van der Waals surface area contributed by atoms with Crippen LogP contribution in [0.5, 0.6) is 0 Å². The summed E-state index contributed by atoms with van der Waals surface area (Å²) in [4.78, 5) is 11.1. The summed E-state index contributed by atoms with van der Waals surface area (Å²) >= 11 is 5.40. The summed E-state index contributed by atoms with van der Waals surface area (Å²) in [6, 6.07) is 0. The van der Waals surface area contributed by atoms with Gasteiger partial charge in [-0.2, -0.15) is 0 Å². The number of nitrogens with one attached hydrogen (secondary N) is 1. The molecule has 0 bridgehead atoms. The second-order valence-electron chi connectivity index (χ2n) is 2.49. The molecule has 0 saturated heterocycles. The lowest BCUT2D eigenvalue weighted by Gasteiger charge is -1.99. The van der Waals surface area contributed by atoms with Crippen molar-refractivity contribution in [3.05, 3.63) is 23.4 Å². The van der Waals surface area contributed by atoms with E-state index in [1.165, 1.54) is 0 Å². The minimum absolute atomic E-state index is 0.0186. The molecule has 0 heterocycles. The highest BCUT2D eigenvalue weighted by Crippen LogP contribution is 2.06. The molecule has 0 aromatic rings. The lowest BCUT2D eigenvalue weighted by Crippen LogP contribution is -2.02. The molecule has 0 aromatic carbocycles. The van der Waals surface area contributed by atoms with Crippen LogP contribution >= 0.6 is 11.6 Å². The molecule has 12 heavy (non-hydrogen) atoms. The van der Waals surface area contributed by atoms with Crippen molar-refractivity contribution in [1.29, 1.82) is 0 Å². The third-order valence-corrected chi connectivity index (χ3v) is 1.87. The summed E-state index contributed by atoms with van der Waals surface area (Å²) in [6.07, 6.45) is 3.63. The summed E-state index contributed by atoms with van der Waals surface area (Å²) < 4.78 is 0. The highest BCUT2D eigenvalue weighted by atomic mass is 35.5. The number of carbonyl (C=O) groups excluding carboxylic acids is 1. The SMILES string of the molecule is CN/C=C\C(C)=C(/C)C(=O)CCl. The first-order valence-electron chi connectivity index (χ1n) is 3.74. The zero-order valence-corrected chi connectivity index (χ0v) is 8.40. The van der Waals surface area contributed by atoms with Crippen molar-refractivity contribution in [1.82, 2.24) is 5.32 Å². The standard InChI is InChI=1S/C9H14ClNO/c1-7(4-5-11-3)8(2)9(12)6-10/h4-5,11H,6H2,1-3H3/b5-4-,8-7+. The maximum absolute atomic E-state index is 11.1. The highest BCUT2D eigenvalue weighted by molar-refractivity contribution is 6.30. The maximum atomic E-state index is 11.1. The van der Waals surface area contributed by atoms with Gasteiger partial charge >= 0.3 is 0 Å². The molecule has 1 N–H and O–H groups in total. The summed E-state index contributed by atoms with van der Waals surface area (Å²) in [5.41, 5.74) is 1.66. The van der Waals surface area contributed by atoms with Gasteiger partial charge < -0.3 is 5.32 Å². The van der Waals surface area contributed by atoms with Gasteiger partial charge in [0.1, 0.15) is 0 Å². The first-order valence-corrected chi connectivity index (χ1v) is 4.27. The fourth-order valence-corrected chi connectivity index (χ4v) is 0.854. The van der Waals surface area contributed by atoms with Gasteiger partial charge in [0.05, 0.1) is 5.88 Å². The minimum atomic E-state index is -0.0186. The Balaban J connectivity index is 4.46. The number of hydrogen-bond acceptors (Lipinski definition) is 2. The third kappa shape index (κ3) is 3.58. The molecule has 0 saturated carbocycles. The van der Waals surface area contributed by atoms with Crippen molar-refractivity contribution in [2.75, 3.05) is 12.9 Å². The second kappa shape index (κ2) is 5.84. The predicted octanol–water partition coefficient (Wildman–Crippen LogP) is 1.86. The summed E-state index contributed by atoms with van der Waals surface area (Å²) in [6.45, 7) is 3.66. The molecule has 2 nitrogen and oxygen atoms in total. The number of Topliss-reactive ketones (excluding diaryl/α,β-unsaturated/α-hetero) is 1. The van der Waals surface area contributed by atoms with Gasteiger partial charge in [0.15, 0.2) is 5.78 Å². The Hall–Kier alpha value is -0.760. The Morgan fingerprint density at radius 2 is 2.08 bits per heavy atom. The Morgan fingerprint density at radius 1 is 1.50 bits per heavy atom. The molecular formula is C9H14ClNO. The van der Waals surface area contributed by atoms with Gasteiger partial charge in [-0.25, -0.2) is 0 Å². The van der Waals surface area contributed by atoms with Crippen molar-refractivity contribution in [3.8, 4) is 0 Å². The molecule has 0 radical (unpaired) electrons. The van der Waals surface area contributed by atoms with Crippen molar-refractivity contribution < 1.29 is 4.79 Å². The lowest BCUT2D eigenvalue weighted by molar-refractivity contribution is -0.113. The van der Waals surface area contributed by atoms with E-state index in [-0.39, 0.29) is 11.7 Å². The topological polar surface area (TPSA) is 29.1 Å². The molecule has 0 amide bonds. The maximum Gasteiger partial charge on any atom is 0.173 e. The van der Waals surface area contributed by atoms with Crippen molar-refractivity contribution in [2.45, 2.75) is 13.8 Å². The summed E-state index contributed by atoms with van der Waals surface area (Å²) in [5, 5.41) is 2.85. The average molecular weight is 188 g/mol. The predicted molar refractivity (Wildman–Crippen MR) is 52.3 cm³/mol. The first-order chi connectivity index (χ1) is 5.63. The quantitative estimate of drug-likeness (QED) is 0.414. The van der Waals surface area contributed by atoms with E-state index in [9.17, 15) is 4.79 Å². The van der Waals surface area contributed by atoms with E-state index >= 15 is 0 Å². The van der Waals surface area contributed by atoms with Gasteiger partial charge in [-0.1, -0.05) is 0 Å². The van der Waals surface area contributed by atoms with E-state index in [2.05, 4.69) is 5.32 Å². The highest BCUT2D eigenvalue weighted by Gasteiger charge is 2.03. The number of halogens is 1. The Bertz CT molecular complexity index is 219. The average Bonchev–Trinajstić information content (AvgIpc) is 2.11. The summed E-state index contributed by atoms with van der Waals surface area (Å²) in [7, 11) is 1.81. The molecular weight excluding hydrogens is 174 g/mol. The van der Waals surface area contributed by atoms with Crippen LogP contribution in [0.25, 0.3) is 0 Å². The van der Waals surface area contributed by atoms with Gasteiger partial charge in [0.2, 0.25) is 0 Å². The smallest absolute Gasteiger partial charge is 0.173 e. The number of ketones is 1. The number of rotatable bonds is 4. The summed E-state index contributed by atoms with van der Waals surface area (Å²) in [5.74, 6) is 0.0336. The fraction of sp³-hybridized carbons (Fsp3) is 0.444. The zero-order chi connectivity index (χ0) is 9.56. The van der Waals surface area contributed by atoms with Crippen LogP contribution in [0.1, 0.15) is 13.8 Å². The molecule has 0 aliphatic rings. The molecule has 0 aromatic heterocycles. The zero-order valence-electron chi connectivity index (χ0n) is 7.65. The number of alkyl halides is 1.